The molecule has 0 aromatic heterocycles. The monoisotopic (exact) mass is 253 g/mol. The fourth-order valence-electron chi connectivity index (χ4n) is 2.20. The van der Waals surface area contributed by atoms with Crippen LogP contribution in [-0.4, -0.2) is 6.04 Å². The van der Waals surface area contributed by atoms with E-state index in [1.807, 2.05) is 0 Å². The maximum atomic E-state index is 5.95. The molecular formula is C12H16BrN. The molecule has 0 bridgehead atoms. The van der Waals surface area contributed by atoms with E-state index in [2.05, 4.69) is 41.1 Å². The second-order valence-corrected chi connectivity index (χ2v) is 5.19. The van der Waals surface area contributed by atoms with Gasteiger partial charge in [0.15, 0.2) is 0 Å². The Bertz CT molecular complexity index is 333. The largest absolute Gasteiger partial charge is 0.328 e. The molecule has 76 valence electrons. The van der Waals surface area contributed by atoms with Crippen LogP contribution in [0.15, 0.2) is 22.7 Å². The van der Waals surface area contributed by atoms with Gasteiger partial charge in [-0.25, -0.2) is 0 Å². The first-order valence-electron chi connectivity index (χ1n) is 5.19. The van der Waals surface area contributed by atoms with Crippen molar-refractivity contribution in [3.05, 3.63) is 33.8 Å². The SMILES string of the molecule is CC(N)C1CCc2ccc(Br)cc2C1. The third-order valence-electron chi connectivity index (χ3n) is 3.18. The molecule has 1 aliphatic rings. The van der Waals surface area contributed by atoms with Gasteiger partial charge in [-0.2, -0.15) is 0 Å². The Balaban J connectivity index is 2.24. The zero-order valence-electron chi connectivity index (χ0n) is 8.46. The highest BCUT2D eigenvalue weighted by atomic mass is 79.9. The van der Waals surface area contributed by atoms with Crippen molar-refractivity contribution in [2.45, 2.75) is 32.2 Å². The Kier molecular flexibility index (Phi) is 2.93. The molecule has 0 saturated heterocycles. The number of halogens is 1. The molecule has 14 heavy (non-hydrogen) atoms. The summed E-state index contributed by atoms with van der Waals surface area (Å²) in [7, 11) is 0. The Hall–Kier alpha value is -0.340. The number of benzene rings is 1. The molecule has 2 atom stereocenters. The molecule has 0 aliphatic heterocycles. The minimum absolute atomic E-state index is 0.321. The summed E-state index contributed by atoms with van der Waals surface area (Å²) in [6.07, 6.45) is 3.58. The van der Waals surface area contributed by atoms with E-state index in [1.165, 1.54) is 28.4 Å². The average molecular weight is 254 g/mol. The molecule has 2 heteroatoms. The zero-order valence-corrected chi connectivity index (χ0v) is 10.0. The topological polar surface area (TPSA) is 26.0 Å². The first-order chi connectivity index (χ1) is 6.66. The normalized spacial score (nSPS) is 22.9. The number of rotatable bonds is 1. The van der Waals surface area contributed by atoms with E-state index in [-0.39, 0.29) is 0 Å². The van der Waals surface area contributed by atoms with Crippen LogP contribution in [0.5, 0.6) is 0 Å². The minimum atomic E-state index is 0.321. The van der Waals surface area contributed by atoms with Crippen LogP contribution in [0.1, 0.15) is 24.5 Å². The maximum Gasteiger partial charge on any atom is 0.0178 e. The average Bonchev–Trinajstić information content (AvgIpc) is 2.16. The van der Waals surface area contributed by atoms with Gasteiger partial charge in [0.1, 0.15) is 0 Å². The van der Waals surface area contributed by atoms with Crippen LogP contribution < -0.4 is 5.73 Å². The summed E-state index contributed by atoms with van der Waals surface area (Å²) in [6.45, 7) is 2.12. The van der Waals surface area contributed by atoms with Crippen LogP contribution in [0.3, 0.4) is 0 Å². The van der Waals surface area contributed by atoms with Gasteiger partial charge in [0.2, 0.25) is 0 Å². The molecule has 2 unspecified atom stereocenters. The van der Waals surface area contributed by atoms with E-state index < -0.39 is 0 Å². The van der Waals surface area contributed by atoms with Gasteiger partial charge in [0.25, 0.3) is 0 Å². The first-order valence-corrected chi connectivity index (χ1v) is 5.99. The predicted molar refractivity (Wildman–Crippen MR) is 63.3 cm³/mol. The standard InChI is InChI=1S/C12H16BrN/c1-8(14)10-3-2-9-4-5-12(13)7-11(9)6-10/h4-5,7-8,10H,2-3,6,14H2,1H3. The van der Waals surface area contributed by atoms with Crippen LogP contribution in [0.2, 0.25) is 0 Å². The van der Waals surface area contributed by atoms with Crippen molar-refractivity contribution in [1.29, 1.82) is 0 Å². The van der Waals surface area contributed by atoms with Gasteiger partial charge < -0.3 is 5.73 Å². The van der Waals surface area contributed by atoms with Gasteiger partial charge >= 0.3 is 0 Å². The van der Waals surface area contributed by atoms with E-state index >= 15 is 0 Å². The van der Waals surface area contributed by atoms with Crippen LogP contribution in [0.25, 0.3) is 0 Å². The highest BCUT2D eigenvalue weighted by Gasteiger charge is 2.21. The summed E-state index contributed by atoms with van der Waals surface area (Å²) in [4.78, 5) is 0. The van der Waals surface area contributed by atoms with Crippen LogP contribution >= 0.6 is 15.9 Å². The van der Waals surface area contributed by atoms with Crippen molar-refractivity contribution >= 4 is 15.9 Å². The second-order valence-electron chi connectivity index (χ2n) is 4.28. The Morgan fingerprint density at radius 1 is 1.43 bits per heavy atom. The Morgan fingerprint density at radius 2 is 2.21 bits per heavy atom. The molecule has 1 nitrogen and oxygen atoms in total. The lowest BCUT2D eigenvalue weighted by atomic mass is 9.81. The summed E-state index contributed by atoms with van der Waals surface area (Å²) in [5, 5.41) is 0. The molecule has 2 N–H and O–H groups in total. The Labute approximate surface area is 93.8 Å². The van der Waals surface area contributed by atoms with Crippen LogP contribution in [0, 0.1) is 5.92 Å². The van der Waals surface area contributed by atoms with Crippen LogP contribution in [-0.2, 0) is 12.8 Å². The number of hydrogen-bond acceptors (Lipinski definition) is 1. The molecule has 0 spiro atoms. The van der Waals surface area contributed by atoms with Gasteiger partial charge in [0.05, 0.1) is 0 Å². The lowest BCUT2D eigenvalue weighted by Crippen LogP contribution is -2.31. The third-order valence-corrected chi connectivity index (χ3v) is 3.67. The summed E-state index contributed by atoms with van der Waals surface area (Å²) in [5.74, 6) is 0.664. The first kappa shape index (κ1) is 10.2. The highest BCUT2D eigenvalue weighted by Crippen LogP contribution is 2.29. The zero-order chi connectivity index (χ0) is 10.1. The van der Waals surface area contributed by atoms with Crippen molar-refractivity contribution in [2.75, 3.05) is 0 Å². The molecule has 0 amide bonds. The predicted octanol–water partition coefficient (Wildman–Crippen LogP) is 2.90. The molecule has 1 aliphatic carbocycles. The fraction of sp³-hybridized carbons (Fsp3) is 0.500. The van der Waals surface area contributed by atoms with Gasteiger partial charge in [-0.15, -0.1) is 0 Å². The van der Waals surface area contributed by atoms with E-state index in [1.54, 1.807) is 0 Å². The van der Waals surface area contributed by atoms with E-state index in [0.29, 0.717) is 12.0 Å². The van der Waals surface area contributed by atoms with Gasteiger partial charge in [-0.1, -0.05) is 22.0 Å². The number of fused-ring (bicyclic) bond motifs is 1. The smallest absolute Gasteiger partial charge is 0.0178 e. The summed E-state index contributed by atoms with van der Waals surface area (Å²) in [6, 6.07) is 6.92. The van der Waals surface area contributed by atoms with E-state index in [9.17, 15) is 0 Å². The minimum Gasteiger partial charge on any atom is -0.328 e. The molecule has 0 saturated carbocycles. The molecule has 0 radical (unpaired) electrons. The van der Waals surface area contributed by atoms with Crippen molar-refractivity contribution in [3.8, 4) is 0 Å². The molecule has 1 aromatic rings. The van der Waals surface area contributed by atoms with Crippen molar-refractivity contribution in [3.63, 3.8) is 0 Å². The Morgan fingerprint density at radius 3 is 2.93 bits per heavy atom. The quantitative estimate of drug-likeness (QED) is 0.819. The number of nitrogens with two attached hydrogens (primary N) is 1. The fourth-order valence-corrected chi connectivity index (χ4v) is 2.61. The van der Waals surface area contributed by atoms with Crippen molar-refractivity contribution in [1.82, 2.24) is 0 Å². The molecular weight excluding hydrogens is 238 g/mol. The molecule has 2 rings (SSSR count). The lowest BCUT2D eigenvalue weighted by molar-refractivity contribution is 0.393. The molecule has 0 fully saturated rings. The second kappa shape index (κ2) is 4.03. The summed E-state index contributed by atoms with van der Waals surface area (Å²) < 4.78 is 1.18. The summed E-state index contributed by atoms with van der Waals surface area (Å²) >= 11 is 3.52. The molecule has 1 aromatic carbocycles. The number of aryl methyl sites for hydroxylation is 1. The highest BCUT2D eigenvalue weighted by molar-refractivity contribution is 9.10. The van der Waals surface area contributed by atoms with Gasteiger partial charge in [0, 0.05) is 10.5 Å². The lowest BCUT2D eigenvalue weighted by Gasteiger charge is -2.27. The molecule has 0 heterocycles. The maximum absolute atomic E-state index is 5.95. The van der Waals surface area contributed by atoms with Crippen LogP contribution in [0.4, 0.5) is 0 Å². The van der Waals surface area contributed by atoms with E-state index in [4.69, 9.17) is 5.73 Å². The van der Waals surface area contributed by atoms with Gasteiger partial charge in [-0.3, -0.25) is 0 Å². The summed E-state index contributed by atoms with van der Waals surface area (Å²) in [5.41, 5.74) is 8.93. The van der Waals surface area contributed by atoms with Crippen molar-refractivity contribution < 1.29 is 0 Å². The van der Waals surface area contributed by atoms with E-state index in [0.717, 1.165) is 6.42 Å². The van der Waals surface area contributed by atoms with Gasteiger partial charge in [-0.05, 0) is 55.4 Å². The number of hydrogen-bond donors (Lipinski definition) is 1. The third kappa shape index (κ3) is 2.01. The van der Waals surface area contributed by atoms with Crippen molar-refractivity contribution in [2.24, 2.45) is 11.7 Å².